The quantitative estimate of drug-likeness (QED) is 0.607. The lowest BCUT2D eigenvalue weighted by molar-refractivity contribution is -0.384. The molecule has 4 nitrogen and oxygen atoms in total. The summed E-state index contributed by atoms with van der Waals surface area (Å²) < 4.78 is 0.653. The van der Waals surface area contributed by atoms with E-state index in [4.69, 9.17) is 11.6 Å². The summed E-state index contributed by atoms with van der Waals surface area (Å²) in [4.78, 5) is 10.3. The zero-order valence-electron chi connectivity index (χ0n) is 10.6. The Morgan fingerprint density at radius 3 is 2.65 bits per heavy atom. The smallest absolute Gasteiger partial charge is 0.270 e. The molecule has 0 saturated heterocycles. The average molecular weight is 356 g/mol. The number of halogens is 2. The highest BCUT2D eigenvalue weighted by Gasteiger charge is 2.12. The standard InChI is InChI=1S/C14H12BrClN2O2/c1-9(10-3-2-4-11(16)7-10)17-14-6-5-12(18(19)20)8-13(14)15/h2-9,17H,1H3. The molecule has 0 aliphatic carbocycles. The average Bonchev–Trinajstić information content (AvgIpc) is 2.40. The van der Waals surface area contributed by atoms with Gasteiger partial charge >= 0.3 is 0 Å². The number of nitro benzene ring substituents is 1. The number of hydrogen-bond acceptors (Lipinski definition) is 3. The predicted octanol–water partition coefficient (Wildman–Crippen LogP) is 5.18. The van der Waals surface area contributed by atoms with E-state index in [0.29, 0.717) is 9.50 Å². The summed E-state index contributed by atoms with van der Waals surface area (Å²) in [5.74, 6) is 0. The lowest BCUT2D eigenvalue weighted by Crippen LogP contribution is -2.07. The van der Waals surface area contributed by atoms with Gasteiger partial charge in [0.2, 0.25) is 0 Å². The van der Waals surface area contributed by atoms with E-state index in [2.05, 4.69) is 21.2 Å². The summed E-state index contributed by atoms with van der Waals surface area (Å²) in [7, 11) is 0. The highest BCUT2D eigenvalue weighted by molar-refractivity contribution is 9.10. The molecule has 0 bridgehead atoms. The number of non-ortho nitro benzene ring substituents is 1. The predicted molar refractivity (Wildman–Crippen MR) is 84.3 cm³/mol. The van der Waals surface area contributed by atoms with Crippen LogP contribution in [-0.4, -0.2) is 4.92 Å². The molecule has 0 saturated carbocycles. The van der Waals surface area contributed by atoms with E-state index in [1.54, 1.807) is 6.07 Å². The molecule has 1 unspecified atom stereocenters. The van der Waals surface area contributed by atoms with E-state index >= 15 is 0 Å². The summed E-state index contributed by atoms with van der Waals surface area (Å²) in [5, 5.41) is 14.7. The lowest BCUT2D eigenvalue weighted by Gasteiger charge is -2.17. The highest BCUT2D eigenvalue weighted by atomic mass is 79.9. The first-order chi connectivity index (χ1) is 9.47. The molecule has 2 rings (SSSR count). The Morgan fingerprint density at radius 2 is 2.05 bits per heavy atom. The van der Waals surface area contributed by atoms with E-state index in [1.807, 2.05) is 31.2 Å². The Labute approximate surface area is 130 Å². The molecular formula is C14H12BrClN2O2. The molecule has 0 aliphatic rings. The van der Waals surface area contributed by atoms with Crippen molar-refractivity contribution in [1.29, 1.82) is 0 Å². The van der Waals surface area contributed by atoms with Gasteiger partial charge in [-0.25, -0.2) is 0 Å². The summed E-state index contributed by atoms with van der Waals surface area (Å²) in [6.07, 6.45) is 0. The summed E-state index contributed by atoms with van der Waals surface area (Å²) >= 11 is 9.30. The number of nitrogens with zero attached hydrogens (tertiary/aromatic N) is 1. The molecule has 0 radical (unpaired) electrons. The zero-order valence-corrected chi connectivity index (χ0v) is 13.0. The van der Waals surface area contributed by atoms with Crippen LogP contribution in [0.5, 0.6) is 0 Å². The van der Waals surface area contributed by atoms with Gasteiger partial charge in [0.05, 0.1) is 4.92 Å². The van der Waals surface area contributed by atoms with Gasteiger partial charge in [0.1, 0.15) is 0 Å². The van der Waals surface area contributed by atoms with E-state index in [0.717, 1.165) is 11.3 Å². The molecule has 6 heteroatoms. The second kappa shape index (κ2) is 6.24. The molecule has 0 heterocycles. The van der Waals surface area contributed by atoms with Crippen molar-refractivity contribution in [3.8, 4) is 0 Å². The summed E-state index contributed by atoms with van der Waals surface area (Å²) in [6, 6.07) is 12.2. The molecule has 0 aromatic heterocycles. The van der Waals surface area contributed by atoms with Crippen LogP contribution in [0.15, 0.2) is 46.9 Å². The molecule has 0 amide bonds. The minimum Gasteiger partial charge on any atom is -0.378 e. The Hall–Kier alpha value is -1.59. The Balaban J connectivity index is 2.19. The van der Waals surface area contributed by atoms with Crippen molar-refractivity contribution < 1.29 is 4.92 Å². The van der Waals surface area contributed by atoms with Crippen LogP contribution in [0.2, 0.25) is 5.02 Å². The van der Waals surface area contributed by atoms with Crippen molar-refractivity contribution in [2.45, 2.75) is 13.0 Å². The minimum absolute atomic E-state index is 0.0338. The molecule has 0 aliphatic heterocycles. The number of anilines is 1. The van der Waals surface area contributed by atoms with Gasteiger partial charge in [-0.15, -0.1) is 0 Å². The maximum absolute atomic E-state index is 10.7. The molecule has 1 N–H and O–H groups in total. The van der Waals surface area contributed by atoms with Gasteiger partial charge < -0.3 is 5.32 Å². The fourth-order valence-electron chi connectivity index (χ4n) is 1.83. The monoisotopic (exact) mass is 354 g/mol. The van der Waals surface area contributed by atoms with Gasteiger partial charge in [-0.1, -0.05) is 23.7 Å². The maximum atomic E-state index is 10.7. The van der Waals surface area contributed by atoms with Gasteiger partial charge in [0, 0.05) is 33.4 Å². The van der Waals surface area contributed by atoms with Crippen molar-refractivity contribution in [1.82, 2.24) is 0 Å². The Morgan fingerprint density at radius 1 is 1.30 bits per heavy atom. The van der Waals surface area contributed by atoms with Crippen molar-refractivity contribution in [2.75, 3.05) is 5.32 Å². The first-order valence-corrected chi connectivity index (χ1v) is 7.10. The van der Waals surface area contributed by atoms with Crippen molar-refractivity contribution in [3.63, 3.8) is 0 Å². The van der Waals surface area contributed by atoms with Crippen LogP contribution in [0.25, 0.3) is 0 Å². The van der Waals surface area contributed by atoms with Crippen molar-refractivity contribution in [2.24, 2.45) is 0 Å². The van der Waals surface area contributed by atoms with E-state index < -0.39 is 4.92 Å². The molecule has 0 fully saturated rings. The molecule has 1 atom stereocenters. The van der Waals surface area contributed by atoms with E-state index in [1.165, 1.54) is 12.1 Å². The van der Waals surface area contributed by atoms with Crippen LogP contribution < -0.4 is 5.32 Å². The highest BCUT2D eigenvalue weighted by Crippen LogP contribution is 2.30. The van der Waals surface area contributed by atoms with Gasteiger partial charge in [-0.2, -0.15) is 0 Å². The van der Waals surface area contributed by atoms with Crippen LogP contribution in [0.3, 0.4) is 0 Å². The SMILES string of the molecule is CC(Nc1ccc([N+](=O)[O-])cc1Br)c1cccc(Cl)c1. The van der Waals surface area contributed by atoms with Crippen LogP contribution in [0, 0.1) is 10.1 Å². The van der Waals surface area contributed by atoms with Crippen molar-refractivity contribution in [3.05, 3.63) is 67.6 Å². The van der Waals surface area contributed by atoms with Crippen LogP contribution >= 0.6 is 27.5 Å². The molecule has 2 aromatic carbocycles. The first-order valence-electron chi connectivity index (χ1n) is 5.93. The molecule has 104 valence electrons. The Kier molecular flexibility index (Phi) is 4.62. The first kappa shape index (κ1) is 14.8. The molecule has 2 aromatic rings. The number of nitrogens with one attached hydrogen (secondary N) is 1. The third-order valence-corrected chi connectivity index (χ3v) is 3.78. The van der Waals surface area contributed by atoms with Gasteiger partial charge in [0.25, 0.3) is 5.69 Å². The van der Waals surface area contributed by atoms with Crippen LogP contribution in [-0.2, 0) is 0 Å². The third-order valence-electron chi connectivity index (χ3n) is 2.88. The maximum Gasteiger partial charge on any atom is 0.270 e. The van der Waals surface area contributed by atoms with Gasteiger partial charge in [-0.05, 0) is 46.6 Å². The fraction of sp³-hybridized carbons (Fsp3) is 0.143. The lowest BCUT2D eigenvalue weighted by atomic mass is 10.1. The topological polar surface area (TPSA) is 55.2 Å². The van der Waals surface area contributed by atoms with E-state index in [-0.39, 0.29) is 11.7 Å². The van der Waals surface area contributed by atoms with Crippen molar-refractivity contribution >= 4 is 38.9 Å². The minimum atomic E-state index is -0.422. The number of hydrogen-bond donors (Lipinski definition) is 1. The summed E-state index contributed by atoms with van der Waals surface area (Å²) in [5.41, 5.74) is 1.89. The number of benzene rings is 2. The zero-order chi connectivity index (χ0) is 14.7. The second-order valence-electron chi connectivity index (χ2n) is 4.34. The molecular weight excluding hydrogens is 344 g/mol. The number of rotatable bonds is 4. The van der Waals surface area contributed by atoms with E-state index in [9.17, 15) is 10.1 Å². The second-order valence-corrected chi connectivity index (χ2v) is 5.63. The molecule has 20 heavy (non-hydrogen) atoms. The molecule has 0 spiro atoms. The van der Waals surface area contributed by atoms with Crippen LogP contribution in [0.4, 0.5) is 11.4 Å². The van der Waals surface area contributed by atoms with Gasteiger partial charge in [0.15, 0.2) is 0 Å². The largest absolute Gasteiger partial charge is 0.378 e. The van der Waals surface area contributed by atoms with Crippen LogP contribution in [0.1, 0.15) is 18.5 Å². The Bertz CT molecular complexity index is 649. The number of nitro groups is 1. The van der Waals surface area contributed by atoms with Gasteiger partial charge in [-0.3, -0.25) is 10.1 Å². The fourth-order valence-corrected chi connectivity index (χ4v) is 2.51. The normalized spacial score (nSPS) is 11.9. The third kappa shape index (κ3) is 3.49. The summed E-state index contributed by atoms with van der Waals surface area (Å²) in [6.45, 7) is 2.00.